The van der Waals surface area contributed by atoms with Crippen molar-refractivity contribution in [3.63, 3.8) is 0 Å². The predicted octanol–water partition coefficient (Wildman–Crippen LogP) is 2.53. The number of carbonyl (C=O) groups excluding carboxylic acids is 1. The summed E-state index contributed by atoms with van der Waals surface area (Å²) < 4.78 is 7.62. The van der Waals surface area contributed by atoms with Crippen molar-refractivity contribution in [2.24, 2.45) is 0 Å². The minimum absolute atomic E-state index is 0.0103. The van der Waals surface area contributed by atoms with E-state index in [0.717, 1.165) is 49.0 Å². The third-order valence-corrected chi connectivity index (χ3v) is 5.43. The minimum Gasteiger partial charge on any atom is -0.376 e. The molecular weight excluding hydrogens is 336 g/mol. The number of ether oxygens (including phenoxy) is 1. The van der Waals surface area contributed by atoms with Crippen LogP contribution in [0.15, 0.2) is 35.5 Å². The van der Waals surface area contributed by atoms with Crippen LogP contribution in [0.5, 0.6) is 0 Å². The van der Waals surface area contributed by atoms with Crippen LogP contribution < -0.4 is 5.32 Å². The number of nitrogens with zero attached hydrogens (tertiary/aromatic N) is 3. The van der Waals surface area contributed by atoms with Gasteiger partial charge in [0.05, 0.1) is 11.9 Å². The van der Waals surface area contributed by atoms with Crippen molar-refractivity contribution in [1.82, 2.24) is 20.1 Å². The zero-order valence-electron chi connectivity index (χ0n) is 14.1. The summed E-state index contributed by atoms with van der Waals surface area (Å²) in [7, 11) is 0. The van der Waals surface area contributed by atoms with E-state index in [0.29, 0.717) is 18.2 Å². The van der Waals surface area contributed by atoms with E-state index in [1.165, 1.54) is 11.8 Å². The van der Waals surface area contributed by atoms with Crippen molar-refractivity contribution in [1.29, 1.82) is 0 Å². The summed E-state index contributed by atoms with van der Waals surface area (Å²) in [5.41, 5.74) is 1.05. The van der Waals surface area contributed by atoms with Gasteiger partial charge in [0.2, 0.25) is 5.91 Å². The molecule has 2 fully saturated rings. The highest BCUT2D eigenvalue weighted by Gasteiger charge is 2.31. The fourth-order valence-corrected chi connectivity index (χ4v) is 3.80. The lowest BCUT2D eigenvalue weighted by atomic mass is 10.2. The molecule has 0 radical (unpaired) electrons. The Kier molecular flexibility index (Phi) is 5.03. The SMILES string of the molecule is O=C(CSc1nnc(C2CC2)n1-c1ccccc1)NC[C@@H]1CCCO1. The molecule has 1 aromatic heterocycles. The maximum absolute atomic E-state index is 12.1. The van der Waals surface area contributed by atoms with Crippen LogP contribution in [0.3, 0.4) is 0 Å². The lowest BCUT2D eigenvalue weighted by Crippen LogP contribution is -2.32. The maximum Gasteiger partial charge on any atom is 0.230 e. The molecule has 1 atom stereocenters. The minimum atomic E-state index is 0.0103. The molecule has 1 aliphatic heterocycles. The summed E-state index contributed by atoms with van der Waals surface area (Å²) >= 11 is 1.43. The van der Waals surface area contributed by atoms with E-state index in [1.807, 2.05) is 18.2 Å². The van der Waals surface area contributed by atoms with E-state index in [1.54, 1.807) is 0 Å². The van der Waals surface area contributed by atoms with Gasteiger partial charge in [-0.25, -0.2) is 0 Å². The van der Waals surface area contributed by atoms with E-state index in [2.05, 4.69) is 32.2 Å². The van der Waals surface area contributed by atoms with Crippen molar-refractivity contribution in [2.45, 2.75) is 42.9 Å². The van der Waals surface area contributed by atoms with Crippen LogP contribution >= 0.6 is 11.8 Å². The largest absolute Gasteiger partial charge is 0.376 e. The molecular formula is C18H22N4O2S. The zero-order valence-corrected chi connectivity index (χ0v) is 14.9. The van der Waals surface area contributed by atoms with Crippen LogP contribution in [0.4, 0.5) is 0 Å². The van der Waals surface area contributed by atoms with Gasteiger partial charge in [-0.05, 0) is 37.8 Å². The van der Waals surface area contributed by atoms with Gasteiger partial charge in [0.25, 0.3) is 0 Å². The lowest BCUT2D eigenvalue weighted by molar-refractivity contribution is -0.119. The van der Waals surface area contributed by atoms with Gasteiger partial charge in [-0.15, -0.1) is 10.2 Å². The molecule has 0 unspecified atom stereocenters. The van der Waals surface area contributed by atoms with Crippen molar-refractivity contribution >= 4 is 17.7 Å². The van der Waals surface area contributed by atoms with E-state index in [4.69, 9.17) is 4.74 Å². The Morgan fingerprint density at radius 3 is 2.80 bits per heavy atom. The number of thioether (sulfide) groups is 1. The Morgan fingerprint density at radius 1 is 1.24 bits per heavy atom. The van der Waals surface area contributed by atoms with Crippen molar-refractivity contribution in [2.75, 3.05) is 18.9 Å². The van der Waals surface area contributed by atoms with Crippen LogP contribution in [0.1, 0.15) is 37.4 Å². The third-order valence-electron chi connectivity index (χ3n) is 4.50. The number of rotatable bonds is 7. The average molecular weight is 358 g/mol. The normalized spacial score (nSPS) is 19.9. The van der Waals surface area contributed by atoms with Crippen LogP contribution in [-0.4, -0.2) is 45.7 Å². The number of benzene rings is 1. The second-order valence-corrected chi connectivity index (χ2v) is 7.46. The first-order valence-corrected chi connectivity index (χ1v) is 9.81. The summed E-state index contributed by atoms with van der Waals surface area (Å²) in [6, 6.07) is 10.1. The maximum atomic E-state index is 12.1. The van der Waals surface area contributed by atoms with Gasteiger partial charge < -0.3 is 10.1 Å². The predicted molar refractivity (Wildman–Crippen MR) is 96.0 cm³/mol. The first-order chi connectivity index (χ1) is 12.3. The molecule has 6 nitrogen and oxygen atoms in total. The third kappa shape index (κ3) is 4.04. The Morgan fingerprint density at radius 2 is 2.08 bits per heavy atom. The Balaban J connectivity index is 1.41. The second-order valence-electron chi connectivity index (χ2n) is 6.51. The summed E-state index contributed by atoms with van der Waals surface area (Å²) in [6.45, 7) is 1.40. The smallest absolute Gasteiger partial charge is 0.230 e. The van der Waals surface area contributed by atoms with Gasteiger partial charge in [-0.3, -0.25) is 9.36 Å². The quantitative estimate of drug-likeness (QED) is 0.770. The molecule has 4 rings (SSSR count). The van der Waals surface area contributed by atoms with Crippen molar-refractivity contribution < 1.29 is 9.53 Å². The molecule has 2 aromatic rings. The average Bonchev–Trinajstić information content (AvgIpc) is 3.19. The second kappa shape index (κ2) is 7.58. The number of aromatic nitrogens is 3. The van der Waals surface area contributed by atoms with Gasteiger partial charge in [0.15, 0.2) is 5.16 Å². The number of para-hydroxylation sites is 1. The van der Waals surface area contributed by atoms with Crippen LogP contribution in [-0.2, 0) is 9.53 Å². The molecule has 1 saturated heterocycles. The number of carbonyl (C=O) groups is 1. The van der Waals surface area contributed by atoms with Gasteiger partial charge >= 0.3 is 0 Å². The van der Waals surface area contributed by atoms with E-state index < -0.39 is 0 Å². The van der Waals surface area contributed by atoms with Gasteiger partial charge in [0, 0.05) is 24.8 Å². The Labute approximate surface area is 151 Å². The fraction of sp³-hybridized carbons (Fsp3) is 0.500. The summed E-state index contributed by atoms with van der Waals surface area (Å²) in [5, 5.41) is 12.4. The fourth-order valence-electron chi connectivity index (χ4n) is 3.01. The topological polar surface area (TPSA) is 69.0 Å². The number of hydrogen-bond acceptors (Lipinski definition) is 5. The van der Waals surface area contributed by atoms with Crippen molar-refractivity contribution in [3.05, 3.63) is 36.2 Å². The van der Waals surface area contributed by atoms with Crippen LogP contribution in [0.2, 0.25) is 0 Å². The number of amides is 1. The van der Waals surface area contributed by atoms with Gasteiger partial charge in [-0.1, -0.05) is 30.0 Å². The van der Waals surface area contributed by atoms with Gasteiger partial charge in [0.1, 0.15) is 5.82 Å². The first kappa shape index (κ1) is 16.6. The van der Waals surface area contributed by atoms with E-state index in [9.17, 15) is 4.79 Å². The molecule has 25 heavy (non-hydrogen) atoms. The number of nitrogens with one attached hydrogen (secondary N) is 1. The lowest BCUT2D eigenvalue weighted by Gasteiger charge is -2.11. The summed E-state index contributed by atoms with van der Waals surface area (Å²) in [4.78, 5) is 12.1. The molecule has 1 aromatic carbocycles. The zero-order chi connectivity index (χ0) is 17.1. The molecule has 1 N–H and O–H groups in total. The highest BCUT2D eigenvalue weighted by Crippen LogP contribution is 2.41. The monoisotopic (exact) mass is 358 g/mol. The van der Waals surface area contributed by atoms with E-state index >= 15 is 0 Å². The number of hydrogen-bond donors (Lipinski definition) is 1. The summed E-state index contributed by atoms with van der Waals surface area (Å²) in [6.07, 6.45) is 4.61. The molecule has 2 heterocycles. The summed E-state index contributed by atoms with van der Waals surface area (Å²) in [5.74, 6) is 1.85. The highest BCUT2D eigenvalue weighted by atomic mass is 32.2. The van der Waals surface area contributed by atoms with Crippen LogP contribution in [0, 0.1) is 0 Å². The Bertz CT molecular complexity index is 724. The molecule has 7 heteroatoms. The molecule has 2 aliphatic rings. The van der Waals surface area contributed by atoms with E-state index in [-0.39, 0.29) is 12.0 Å². The standard InChI is InChI=1S/C18H22N4O2S/c23-16(19-11-15-7-4-10-24-15)12-25-18-21-20-17(13-8-9-13)22(18)14-5-2-1-3-6-14/h1-3,5-6,13,15H,4,7-12H2,(H,19,23)/t15-/m0/s1. The Hall–Kier alpha value is -1.86. The molecule has 0 spiro atoms. The molecule has 0 bridgehead atoms. The molecule has 132 valence electrons. The molecule has 1 amide bonds. The van der Waals surface area contributed by atoms with Crippen LogP contribution in [0.25, 0.3) is 5.69 Å². The van der Waals surface area contributed by atoms with Gasteiger partial charge in [-0.2, -0.15) is 0 Å². The molecule has 1 aliphatic carbocycles. The molecule has 1 saturated carbocycles. The first-order valence-electron chi connectivity index (χ1n) is 8.83. The highest BCUT2D eigenvalue weighted by molar-refractivity contribution is 7.99. The van der Waals surface area contributed by atoms with Crippen molar-refractivity contribution in [3.8, 4) is 5.69 Å².